The molecule has 2 saturated heterocycles. The van der Waals surface area contributed by atoms with E-state index in [1.807, 2.05) is 0 Å². The minimum atomic E-state index is -0.410. The summed E-state index contributed by atoms with van der Waals surface area (Å²) in [5.74, 6) is 1.61. The van der Waals surface area contributed by atoms with Gasteiger partial charge in [0, 0.05) is 12.1 Å². The second-order valence-electron chi connectivity index (χ2n) is 6.09. The van der Waals surface area contributed by atoms with Gasteiger partial charge in [0.1, 0.15) is 11.0 Å². The number of hydrogen-bond donors (Lipinski definition) is 1. The smallest absolute Gasteiger partial charge is 0.147 e. The highest BCUT2D eigenvalue weighted by Gasteiger charge is 2.54. The van der Waals surface area contributed by atoms with Gasteiger partial charge in [-0.15, -0.1) is 0 Å². The Kier molecular flexibility index (Phi) is 2.19. The summed E-state index contributed by atoms with van der Waals surface area (Å²) in [6, 6.07) is 0.855. The van der Waals surface area contributed by atoms with Crippen molar-refractivity contribution in [1.82, 2.24) is 9.97 Å². The van der Waals surface area contributed by atoms with Crippen LogP contribution in [0.1, 0.15) is 32.1 Å². The van der Waals surface area contributed by atoms with Crippen LogP contribution in [0.15, 0.2) is 12.4 Å². The van der Waals surface area contributed by atoms with Crippen molar-refractivity contribution < 1.29 is 5.11 Å². The third-order valence-corrected chi connectivity index (χ3v) is 4.96. The van der Waals surface area contributed by atoms with Gasteiger partial charge < -0.3 is 10.0 Å². The van der Waals surface area contributed by atoms with Crippen molar-refractivity contribution in [3.63, 3.8) is 0 Å². The van der Waals surface area contributed by atoms with Gasteiger partial charge in [-0.1, -0.05) is 11.6 Å². The highest BCUT2D eigenvalue weighted by molar-refractivity contribution is 6.29. The van der Waals surface area contributed by atoms with Gasteiger partial charge in [0.2, 0.25) is 0 Å². The molecule has 1 aromatic rings. The first-order valence-electron chi connectivity index (χ1n) is 6.61. The summed E-state index contributed by atoms with van der Waals surface area (Å²) in [5.41, 5.74) is -0.410. The zero-order valence-electron chi connectivity index (χ0n) is 10.1. The van der Waals surface area contributed by atoms with E-state index in [0.717, 1.165) is 25.1 Å². The van der Waals surface area contributed by atoms with Crippen LogP contribution in [0, 0.1) is 5.92 Å². The second-order valence-corrected chi connectivity index (χ2v) is 6.47. The van der Waals surface area contributed by atoms with E-state index in [9.17, 15) is 5.11 Å². The first-order chi connectivity index (χ1) is 8.63. The van der Waals surface area contributed by atoms with Crippen molar-refractivity contribution in [2.45, 2.75) is 49.8 Å². The van der Waals surface area contributed by atoms with Gasteiger partial charge in [0.25, 0.3) is 0 Å². The Hall–Kier alpha value is -0.870. The number of aliphatic hydroxyl groups is 1. The Morgan fingerprint density at radius 3 is 2.44 bits per heavy atom. The minimum absolute atomic E-state index is 0.410. The molecule has 96 valence electrons. The minimum Gasteiger partial charge on any atom is -0.390 e. The highest BCUT2D eigenvalue weighted by atomic mass is 35.5. The lowest BCUT2D eigenvalue weighted by molar-refractivity contribution is -0.0872. The van der Waals surface area contributed by atoms with Crippen LogP contribution in [0.25, 0.3) is 0 Å². The molecule has 2 aliphatic carbocycles. The van der Waals surface area contributed by atoms with Crippen molar-refractivity contribution >= 4 is 17.4 Å². The maximum atomic E-state index is 10.5. The predicted molar refractivity (Wildman–Crippen MR) is 68.6 cm³/mol. The van der Waals surface area contributed by atoms with Gasteiger partial charge in [0.05, 0.1) is 18.0 Å². The van der Waals surface area contributed by atoms with Crippen LogP contribution in [0.3, 0.4) is 0 Å². The van der Waals surface area contributed by atoms with E-state index in [4.69, 9.17) is 11.6 Å². The lowest BCUT2D eigenvalue weighted by atomic mass is 9.61. The van der Waals surface area contributed by atoms with Gasteiger partial charge in [-0.2, -0.15) is 0 Å². The summed E-state index contributed by atoms with van der Waals surface area (Å²) in [6.07, 6.45) is 8.49. The van der Waals surface area contributed by atoms with Crippen LogP contribution in [0.4, 0.5) is 5.82 Å². The molecule has 4 nitrogen and oxygen atoms in total. The summed E-state index contributed by atoms with van der Waals surface area (Å²) < 4.78 is 0. The van der Waals surface area contributed by atoms with E-state index in [1.54, 1.807) is 12.4 Å². The standard InChI is InChI=1S/C13H16ClN3O/c14-11-6-16-12(7-15-11)17-9-1-8-2-10(17)5-13(18,3-8)4-9/h6-10,18H,1-5H2/t8?,9-,10+,13?. The molecular formula is C13H16ClN3O. The van der Waals surface area contributed by atoms with Gasteiger partial charge in [-0.25, -0.2) is 9.97 Å². The summed E-state index contributed by atoms with van der Waals surface area (Å²) >= 11 is 5.79. The second kappa shape index (κ2) is 3.58. The SMILES string of the molecule is OC12CC3C[C@H](C1)N(c1cnc(Cl)cn1)[C@@H](C3)C2. The fraction of sp³-hybridized carbons (Fsp3) is 0.692. The third kappa shape index (κ3) is 1.55. The lowest BCUT2D eigenvalue weighted by Crippen LogP contribution is -2.64. The highest BCUT2D eigenvalue weighted by Crippen LogP contribution is 2.52. The monoisotopic (exact) mass is 265 g/mol. The number of nitrogens with zero attached hydrogens (tertiary/aromatic N) is 3. The summed E-state index contributed by atoms with van der Waals surface area (Å²) in [5, 5.41) is 11.0. The molecule has 2 saturated carbocycles. The quantitative estimate of drug-likeness (QED) is 0.844. The van der Waals surface area contributed by atoms with Crippen LogP contribution >= 0.6 is 11.6 Å². The molecule has 1 N–H and O–H groups in total. The van der Waals surface area contributed by atoms with Crippen LogP contribution in [0.5, 0.6) is 0 Å². The normalized spacial score (nSPS) is 41.4. The molecule has 3 heterocycles. The maximum absolute atomic E-state index is 10.5. The average Bonchev–Trinajstić information content (AvgIpc) is 2.28. The topological polar surface area (TPSA) is 49.2 Å². The molecule has 4 bridgehead atoms. The fourth-order valence-corrected chi connectivity index (χ4v) is 4.50. The molecule has 1 aromatic heterocycles. The van der Waals surface area contributed by atoms with Crippen molar-refractivity contribution in [1.29, 1.82) is 0 Å². The molecule has 4 fully saturated rings. The van der Waals surface area contributed by atoms with E-state index in [0.29, 0.717) is 23.2 Å². The summed E-state index contributed by atoms with van der Waals surface area (Å²) in [7, 11) is 0. The molecular weight excluding hydrogens is 250 g/mol. The zero-order chi connectivity index (χ0) is 12.3. The molecule has 5 rings (SSSR count). The summed E-state index contributed by atoms with van der Waals surface area (Å²) in [4.78, 5) is 10.9. The molecule has 4 aliphatic rings. The number of rotatable bonds is 1. The van der Waals surface area contributed by atoms with Crippen LogP contribution in [0.2, 0.25) is 5.15 Å². The molecule has 0 aromatic carbocycles. The number of hydrogen-bond acceptors (Lipinski definition) is 4. The van der Waals surface area contributed by atoms with Gasteiger partial charge >= 0.3 is 0 Å². The fourth-order valence-electron chi connectivity index (χ4n) is 4.40. The molecule has 2 aliphatic heterocycles. The van der Waals surface area contributed by atoms with Crippen molar-refractivity contribution in [3.8, 4) is 0 Å². The van der Waals surface area contributed by atoms with E-state index in [1.165, 1.54) is 12.8 Å². The zero-order valence-corrected chi connectivity index (χ0v) is 10.8. The summed E-state index contributed by atoms with van der Waals surface area (Å²) in [6.45, 7) is 0. The molecule has 0 radical (unpaired) electrons. The maximum Gasteiger partial charge on any atom is 0.147 e. The Bertz CT molecular complexity index is 462. The first-order valence-corrected chi connectivity index (χ1v) is 6.99. The van der Waals surface area contributed by atoms with E-state index in [2.05, 4.69) is 14.9 Å². The van der Waals surface area contributed by atoms with Gasteiger partial charge in [-0.3, -0.25) is 0 Å². The number of anilines is 1. The molecule has 18 heavy (non-hydrogen) atoms. The Balaban J connectivity index is 1.69. The van der Waals surface area contributed by atoms with Crippen LogP contribution < -0.4 is 4.90 Å². The molecule has 0 amide bonds. The average molecular weight is 266 g/mol. The van der Waals surface area contributed by atoms with E-state index < -0.39 is 5.60 Å². The number of piperidine rings is 2. The van der Waals surface area contributed by atoms with Crippen molar-refractivity contribution in [2.75, 3.05) is 4.90 Å². The Morgan fingerprint density at radius 1 is 1.17 bits per heavy atom. The third-order valence-electron chi connectivity index (χ3n) is 4.77. The molecule has 4 atom stereocenters. The first kappa shape index (κ1) is 11.0. The number of halogens is 1. The molecule has 0 spiro atoms. The molecule has 2 unspecified atom stereocenters. The lowest BCUT2D eigenvalue weighted by Gasteiger charge is -2.60. The Labute approximate surface area is 111 Å². The van der Waals surface area contributed by atoms with E-state index >= 15 is 0 Å². The van der Waals surface area contributed by atoms with Gasteiger partial charge in [0.15, 0.2) is 0 Å². The molecule has 5 heteroatoms. The predicted octanol–water partition coefficient (Wildman–Crippen LogP) is 2.01. The van der Waals surface area contributed by atoms with Crippen molar-refractivity contribution in [2.24, 2.45) is 5.92 Å². The Morgan fingerprint density at radius 2 is 1.89 bits per heavy atom. The van der Waals surface area contributed by atoms with Crippen LogP contribution in [-0.4, -0.2) is 32.8 Å². The largest absolute Gasteiger partial charge is 0.390 e. The van der Waals surface area contributed by atoms with Crippen LogP contribution in [-0.2, 0) is 0 Å². The van der Waals surface area contributed by atoms with Gasteiger partial charge in [-0.05, 0) is 38.0 Å². The van der Waals surface area contributed by atoms with Crippen molar-refractivity contribution in [3.05, 3.63) is 17.5 Å². The van der Waals surface area contributed by atoms with E-state index in [-0.39, 0.29) is 0 Å². The number of aromatic nitrogens is 2.